The summed E-state index contributed by atoms with van der Waals surface area (Å²) < 4.78 is 40.0. The molecule has 1 fully saturated rings. The molecule has 1 amide bonds. The number of hydrogen-bond donors (Lipinski definition) is 0. The van der Waals surface area contributed by atoms with Crippen molar-refractivity contribution in [3.8, 4) is 0 Å². The van der Waals surface area contributed by atoms with E-state index in [-0.39, 0.29) is 12.3 Å². The average Bonchev–Trinajstić information content (AvgIpc) is 3.16. The normalized spacial score (nSPS) is 16.3. The lowest BCUT2D eigenvalue weighted by Crippen LogP contribution is -2.36. The molecule has 5 nitrogen and oxygen atoms in total. The first kappa shape index (κ1) is 19.9. The highest BCUT2D eigenvalue weighted by molar-refractivity contribution is 7.15. The van der Waals surface area contributed by atoms with Crippen LogP contribution in [-0.2, 0) is 23.9 Å². The van der Waals surface area contributed by atoms with Gasteiger partial charge in [0.1, 0.15) is 0 Å². The SMILES string of the molecule is O=C(Cc1cn2ccsc2n1)N1CCCN(Cc2ccc(C(F)(F)F)cc2)CC1. The Bertz CT molecular complexity index is 951. The van der Waals surface area contributed by atoms with Crippen molar-refractivity contribution in [2.45, 2.75) is 25.6 Å². The Hall–Kier alpha value is -2.39. The standard InChI is InChI=1S/C20H21F3N4OS/c21-20(22,23)16-4-2-15(3-5-16)13-25-6-1-7-26(9-8-25)18(28)12-17-14-27-10-11-29-19(27)24-17/h2-5,10-11,14H,1,6-9,12-13H2. The molecule has 1 aliphatic heterocycles. The fourth-order valence-electron chi connectivity index (χ4n) is 3.56. The van der Waals surface area contributed by atoms with Gasteiger partial charge in [0.15, 0.2) is 4.96 Å². The number of thiazole rings is 1. The van der Waals surface area contributed by atoms with Crippen molar-refractivity contribution in [1.29, 1.82) is 0 Å². The van der Waals surface area contributed by atoms with E-state index in [9.17, 15) is 18.0 Å². The van der Waals surface area contributed by atoms with E-state index < -0.39 is 11.7 Å². The monoisotopic (exact) mass is 422 g/mol. The Labute approximate surface area is 170 Å². The zero-order chi connectivity index (χ0) is 20.4. The first-order valence-corrected chi connectivity index (χ1v) is 10.3. The highest BCUT2D eigenvalue weighted by Crippen LogP contribution is 2.29. The molecule has 0 atom stereocenters. The zero-order valence-corrected chi connectivity index (χ0v) is 16.5. The minimum Gasteiger partial charge on any atom is -0.341 e. The number of aromatic nitrogens is 2. The molecule has 3 heterocycles. The first-order chi connectivity index (χ1) is 13.9. The van der Waals surface area contributed by atoms with E-state index in [1.54, 1.807) is 0 Å². The van der Waals surface area contributed by atoms with Gasteiger partial charge in [-0.25, -0.2) is 4.98 Å². The van der Waals surface area contributed by atoms with Gasteiger partial charge in [-0.1, -0.05) is 12.1 Å². The molecule has 29 heavy (non-hydrogen) atoms. The molecule has 1 saturated heterocycles. The molecule has 1 aromatic carbocycles. The minimum absolute atomic E-state index is 0.0622. The number of hydrogen-bond acceptors (Lipinski definition) is 4. The van der Waals surface area contributed by atoms with Gasteiger partial charge in [0.2, 0.25) is 5.91 Å². The van der Waals surface area contributed by atoms with Gasteiger partial charge in [0, 0.05) is 50.5 Å². The molecule has 1 aliphatic rings. The quantitative estimate of drug-likeness (QED) is 0.644. The summed E-state index contributed by atoms with van der Waals surface area (Å²) in [6, 6.07) is 5.31. The molecule has 0 bridgehead atoms. The Morgan fingerprint density at radius 3 is 2.62 bits per heavy atom. The largest absolute Gasteiger partial charge is 0.416 e. The van der Waals surface area contributed by atoms with Crippen LogP contribution >= 0.6 is 11.3 Å². The Morgan fingerprint density at radius 2 is 1.90 bits per heavy atom. The van der Waals surface area contributed by atoms with Crippen LogP contribution in [0.3, 0.4) is 0 Å². The van der Waals surface area contributed by atoms with Crippen molar-refractivity contribution >= 4 is 22.2 Å². The van der Waals surface area contributed by atoms with Gasteiger partial charge < -0.3 is 4.90 Å². The van der Waals surface area contributed by atoms with Crippen LogP contribution in [0.4, 0.5) is 13.2 Å². The number of carbonyl (C=O) groups is 1. The molecule has 154 valence electrons. The Kier molecular flexibility index (Phi) is 5.60. The summed E-state index contributed by atoms with van der Waals surface area (Å²) in [4.78, 5) is 22.1. The molecule has 0 N–H and O–H groups in total. The molecular formula is C20H21F3N4OS. The lowest BCUT2D eigenvalue weighted by atomic mass is 10.1. The number of halogens is 3. The lowest BCUT2D eigenvalue weighted by molar-refractivity contribution is -0.137. The third-order valence-electron chi connectivity index (χ3n) is 5.10. The molecule has 3 aromatic rings. The van der Waals surface area contributed by atoms with E-state index in [1.807, 2.05) is 27.1 Å². The van der Waals surface area contributed by atoms with E-state index in [0.29, 0.717) is 26.2 Å². The number of carbonyl (C=O) groups excluding carboxylic acids is 1. The molecule has 0 aliphatic carbocycles. The maximum Gasteiger partial charge on any atom is 0.416 e. The van der Waals surface area contributed by atoms with Crippen molar-refractivity contribution in [3.63, 3.8) is 0 Å². The summed E-state index contributed by atoms with van der Waals surface area (Å²) in [5.74, 6) is 0.0622. The fraction of sp³-hybridized carbons (Fsp3) is 0.400. The highest BCUT2D eigenvalue weighted by Gasteiger charge is 2.30. The zero-order valence-electron chi connectivity index (χ0n) is 15.7. The van der Waals surface area contributed by atoms with E-state index >= 15 is 0 Å². The van der Waals surface area contributed by atoms with Crippen LogP contribution in [-0.4, -0.2) is 51.3 Å². The second kappa shape index (κ2) is 8.16. The van der Waals surface area contributed by atoms with Crippen LogP contribution in [0, 0.1) is 0 Å². The number of alkyl halides is 3. The Morgan fingerprint density at radius 1 is 1.10 bits per heavy atom. The molecule has 9 heteroatoms. The van der Waals surface area contributed by atoms with E-state index in [0.717, 1.165) is 41.3 Å². The molecule has 0 saturated carbocycles. The Balaban J connectivity index is 1.31. The molecule has 4 rings (SSSR count). The van der Waals surface area contributed by atoms with Gasteiger partial charge >= 0.3 is 6.18 Å². The van der Waals surface area contributed by atoms with Crippen LogP contribution in [0.2, 0.25) is 0 Å². The highest BCUT2D eigenvalue weighted by atomic mass is 32.1. The third-order valence-corrected chi connectivity index (χ3v) is 5.87. The summed E-state index contributed by atoms with van der Waals surface area (Å²) in [6.07, 6.45) is 0.620. The van der Waals surface area contributed by atoms with Crippen molar-refractivity contribution in [3.05, 3.63) is 58.9 Å². The number of nitrogens with zero attached hydrogens (tertiary/aromatic N) is 4. The maximum absolute atomic E-state index is 12.7. The molecule has 0 unspecified atom stereocenters. The van der Waals surface area contributed by atoms with Crippen LogP contribution < -0.4 is 0 Å². The topological polar surface area (TPSA) is 40.9 Å². The van der Waals surface area contributed by atoms with Gasteiger partial charge in [-0.15, -0.1) is 11.3 Å². The van der Waals surface area contributed by atoms with Gasteiger partial charge in [0.05, 0.1) is 17.7 Å². The average molecular weight is 422 g/mol. The van der Waals surface area contributed by atoms with Crippen molar-refractivity contribution in [2.24, 2.45) is 0 Å². The van der Waals surface area contributed by atoms with Crippen LogP contribution in [0.5, 0.6) is 0 Å². The smallest absolute Gasteiger partial charge is 0.341 e. The van der Waals surface area contributed by atoms with E-state index in [1.165, 1.54) is 23.5 Å². The summed E-state index contributed by atoms with van der Waals surface area (Å²) in [7, 11) is 0. The van der Waals surface area contributed by atoms with Gasteiger partial charge in [-0.05, 0) is 24.1 Å². The third kappa shape index (κ3) is 4.79. The van der Waals surface area contributed by atoms with Crippen LogP contribution in [0.1, 0.15) is 23.2 Å². The summed E-state index contributed by atoms with van der Waals surface area (Å²) in [5, 5.41) is 1.95. The fourth-order valence-corrected chi connectivity index (χ4v) is 4.28. The number of rotatable bonds is 4. The number of imidazole rings is 1. The molecule has 0 spiro atoms. The van der Waals surface area contributed by atoms with Gasteiger partial charge in [0.25, 0.3) is 0 Å². The predicted octanol–water partition coefficient (Wildman–Crippen LogP) is 3.69. The number of fused-ring (bicyclic) bond motifs is 1. The molecular weight excluding hydrogens is 401 g/mol. The molecule has 2 aromatic heterocycles. The summed E-state index contributed by atoms with van der Waals surface area (Å²) in [5.41, 5.74) is 0.983. The van der Waals surface area contributed by atoms with Gasteiger partial charge in [-0.2, -0.15) is 13.2 Å². The minimum atomic E-state index is -4.31. The van der Waals surface area contributed by atoms with Crippen LogP contribution in [0.25, 0.3) is 4.96 Å². The van der Waals surface area contributed by atoms with Crippen molar-refractivity contribution in [2.75, 3.05) is 26.2 Å². The summed E-state index contributed by atoms with van der Waals surface area (Å²) >= 11 is 1.54. The second-order valence-corrected chi connectivity index (χ2v) is 8.08. The van der Waals surface area contributed by atoms with Crippen LogP contribution in [0.15, 0.2) is 42.0 Å². The van der Waals surface area contributed by atoms with E-state index in [4.69, 9.17) is 0 Å². The van der Waals surface area contributed by atoms with Gasteiger partial charge in [-0.3, -0.25) is 14.1 Å². The second-order valence-electron chi connectivity index (χ2n) is 7.21. The maximum atomic E-state index is 12.7. The summed E-state index contributed by atoms with van der Waals surface area (Å²) in [6.45, 7) is 3.39. The van der Waals surface area contributed by atoms with Crippen molar-refractivity contribution in [1.82, 2.24) is 19.2 Å². The predicted molar refractivity (Wildman–Crippen MR) is 105 cm³/mol. The van der Waals surface area contributed by atoms with E-state index in [2.05, 4.69) is 9.88 Å². The first-order valence-electron chi connectivity index (χ1n) is 9.46. The molecule has 0 radical (unpaired) electrons. The lowest BCUT2D eigenvalue weighted by Gasteiger charge is -2.22. The number of benzene rings is 1. The number of amides is 1. The van der Waals surface area contributed by atoms with Crippen molar-refractivity contribution < 1.29 is 18.0 Å².